The van der Waals surface area contributed by atoms with Crippen molar-refractivity contribution in [1.82, 2.24) is 10.2 Å². The van der Waals surface area contributed by atoms with Crippen LogP contribution in [-0.4, -0.2) is 28.6 Å². The van der Waals surface area contributed by atoms with E-state index in [1.165, 1.54) is 33.7 Å². The first-order chi connectivity index (χ1) is 20.7. The van der Waals surface area contributed by atoms with E-state index in [-0.39, 0.29) is 39.8 Å². The zero-order valence-corrected chi connectivity index (χ0v) is 24.7. The summed E-state index contributed by atoms with van der Waals surface area (Å²) >= 11 is 2.50. The predicted molar refractivity (Wildman–Crippen MR) is 164 cm³/mol. The van der Waals surface area contributed by atoms with E-state index in [4.69, 9.17) is 4.42 Å². The van der Waals surface area contributed by atoms with Crippen LogP contribution in [0.2, 0.25) is 0 Å². The summed E-state index contributed by atoms with van der Waals surface area (Å²) in [6, 6.07) is 16.7. The lowest BCUT2D eigenvalue weighted by Crippen LogP contribution is -2.53. The quantitative estimate of drug-likeness (QED) is 0.130. The Morgan fingerprint density at radius 3 is 2.56 bits per heavy atom. The summed E-state index contributed by atoms with van der Waals surface area (Å²) in [5.41, 5.74) is 1.64. The summed E-state index contributed by atoms with van der Waals surface area (Å²) < 4.78 is 20.1. The highest BCUT2D eigenvalue weighted by atomic mass is 32.2. The van der Waals surface area contributed by atoms with E-state index < -0.39 is 22.8 Å². The Hall–Kier alpha value is -4.61. The molecule has 8 nitrogen and oxygen atoms in total. The van der Waals surface area contributed by atoms with E-state index in [1.54, 1.807) is 54.6 Å². The molecule has 0 fully saturated rings. The number of anilines is 2. The van der Waals surface area contributed by atoms with Gasteiger partial charge >= 0.3 is 0 Å². The van der Waals surface area contributed by atoms with Gasteiger partial charge in [-0.3, -0.25) is 19.3 Å². The summed E-state index contributed by atoms with van der Waals surface area (Å²) in [7, 11) is 0. The molecule has 4 heterocycles. The lowest BCUT2D eigenvalue weighted by molar-refractivity contribution is -0.121. The summed E-state index contributed by atoms with van der Waals surface area (Å²) in [5.74, 6) is -1.15. The maximum atomic E-state index is 14.6. The first kappa shape index (κ1) is 27.2. The summed E-state index contributed by atoms with van der Waals surface area (Å²) in [6.45, 7) is 7.77. The molecule has 0 radical (unpaired) electrons. The zero-order valence-electron chi connectivity index (χ0n) is 23.1. The van der Waals surface area contributed by atoms with Gasteiger partial charge in [0, 0.05) is 17.9 Å². The number of aromatic nitrogens is 2. The van der Waals surface area contributed by atoms with Gasteiger partial charge in [-0.2, -0.15) is 0 Å². The molecule has 1 unspecified atom stereocenters. The van der Waals surface area contributed by atoms with Crippen molar-refractivity contribution in [2.24, 2.45) is 0 Å². The van der Waals surface area contributed by atoms with Crippen molar-refractivity contribution in [3.05, 3.63) is 123 Å². The molecule has 0 saturated heterocycles. The van der Waals surface area contributed by atoms with E-state index in [9.17, 15) is 18.8 Å². The summed E-state index contributed by atoms with van der Waals surface area (Å²) in [5, 5.41) is 9.08. The van der Waals surface area contributed by atoms with Gasteiger partial charge in [-0.05, 0) is 60.9 Å². The number of aryl methyl sites for hydroxylation is 2. The van der Waals surface area contributed by atoms with Crippen LogP contribution < -0.4 is 15.2 Å². The minimum Gasteiger partial charge on any atom is -0.450 e. The van der Waals surface area contributed by atoms with Gasteiger partial charge in [-0.15, -0.1) is 16.8 Å². The predicted octanol–water partition coefficient (Wildman–Crippen LogP) is 6.13. The number of amides is 2. The highest BCUT2D eigenvalue weighted by Crippen LogP contribution is 2.54. The van der Waals surface area contributed by atoms with Gasteiger partial charge in [0.15, 0.2) is 15.3 Å². The molecule has 1 spiro atoms. The van der Waals surface area contributed by atoms with Crippen LogP contribution in [0.3, 0.4) is 0 Å². The normalized spacial score (nSPS) is 17.3. The van der Waals surface area contributed by atoms with Crippen LogP contribution in [-0.2, 0) is 16.1 Å². The van der Waals surface area contributed by atoms with E-state index >= 15 is 0 Å². The van der Waals surface area contributed by atoms with Crippen LogP contribution >= 0.6 is 23.1 Å². The van der Waals surface area contributed by atoms with Gasteiger partial charge in [-0.25, -0.2) is 4.39 Å². The van der Waals surface area contributed by atoms with Crippen molar-refractivity contribution < 1.29 is 18.4 Å². The Balaban J connectivity index is 1.44. The zero-order chi connectivity index (χ0) is 30.0. The van der Waals surface area contributed by atoms with E-state index in [0.29, 0.717) is 21.3 Å². The van der Waals surface area contributed by atoms with E-state index in [2.05, 4.69) is 16.8 Å². The Bertz CT molecular complexity index is 2060. The molecule has 0 bridgehead atoms. The van der Waals surface area contributed by atoms with E-state index in [0.717, 1.165) is 28.0 Å². The second kappa shape index (κ2) is 9.99. The third-order valence-corrected chi connectivity index (χ3v) is 10.0. The van der Waals surface area contributed by atoms with Crippen LogP contribution in [0.1, 0.15) is 38.4 Å². The molecular formula is C32H23FN4O4S2. The Labute approximate surface area is 253 Å². The van der Waals surface area contributed by atoms with Gasteiger partial charge in [-0.1, -0.05) is 59.5 Å². The molecule has 0 N–H and O–H groups in total. The monoisotopic (exact) mass is 610 g/mol. The number of halogens is 1. The van der Waals surface area contributed by atoms with Crippen LogP contribution in [0.4, 0.5) is 15.2 Å². The molecule has 3 aromatic carbocycles. The van der Waals surface area contributed by atoms with Crippen molar-refractivity contribution >= 4 is 56.7 Å². The standard InChI is InChI=1S/C32H23FN4O4S2/c1-4-13-36-23-8-6-5-7-22(23)32(29(36)40)25-26(38)21-14-17(2)18(3)15-24(21)41-27(25)28(39)37(32)30-34-35-31(43-30)42-16-19-9-11-20(33)12-10-19/h4-12,14-15H,1,13,16H2,2-3H3. The number of carbonyl (C=O) groups is 2. The number of fused-ring (bicyclic) bond motifs is 5. The number of rotatable bonds is 6. The molecule has 2 aromatic heterocycles. The molecule has 11 heteroatoms. The van der Waals surface area contributed by atoms with Crippen molar-refractivity contribution in [2.75, 3.05) is 16.3 Å². The molecule has 43 heavy (non-hydrogen) atoms. The second-order valence-electron chi connectivity index (χ2n) is 10.4. The number of hydrogen-bond donors (Lipinski definition) is 0. The maximum absolute atomic E-state index is 14.6. The number of carbonyl (C=O) groups excluding carboxylic acids is 2. The second-order valence-corrected chi connectivity index (χ2v) is 12.6. The Kier molecular flexibility index (Phi) is 6.33. The molecule has 7 rings (SSSR count). The summed E-state index contributed by atoms with van der Waals surface area (Å²) in [4.78, 5) is 46.2. The smallest absolute Gasteiger partial charge is 0.297 e. The Morgan fingerprint density at radius 1 is 1.05 bits per heavy atom. The molecule has 2 aliphatic heterocycles. The van der Waals surface area contributed by atoms with Crippen LogP contribution in [0.25, 0.3) is 11.0 Å². The highest BCUT2D eigenvalue weighted by molar-refractivity contribution is 8.00. The van der Waals surface area contributed by atoms with E-state index in [1.807, 2.05) is 13.8 Å². The topological polar surface area (TPSA) is 96.6 Å². The molecule has 1 atom stereocenters. The highest BCUT2D eigenvalue weighted by Gasteiger charge is 2.66. The molecule has 0 aliphatic carbocycles. The van der Waals surface area contributed by atoms with Gasteiger partial charge in [0.1, 0.15) is 11.4 Å². The van der Waals surface area contributed by atoms with Crippen molar-refractivity contribution in [2.45, 2.75) is 29.5 Å². The SMILES string of the molecule is C=CCN1C(=O)C2(c3ccccc31)c1c(oc3cc(C)c(C)cc3c1=O)C(=O)N2c1nnc(SCc2ccc(F)cc2)s1. The molecule has 2 aliphatic rings. The lowest BCUT2D eigenvalue weighted by atomic mass is 9.84. The number of para-hydroxylation sites is 1. The van der Waals surface area contributed by atoms with Crippen molar-refractivity contribution in [3.63, 3.8) is 0 Å². The first-order valence-corrected chi connectivity index (χ1v) is 15.2. The fraction of sp³-hybridized carbons (Fsp3) is 0.156. The van der Waals surface area contributed by atoms with Crippen molar-refractivity contribution in [1.29, 1.82) is 0 Å². The third-order valence-electron chi connectivity index (χ3n) is 7.91. The minimum absolute atomic E-state index is 0.0343. The third kappa shape index (κ3) is 3.91. The average molecular weight is 611 g/mol. The van der Waals surface area contributed by atoms with Gasteiger partial charge in [0.05, 0.1) is 16.6 Å². The van der Waals surface area contributed by atoms with Gasteiger partial charge in [0.25, 0.3) is 11.8 Å². The Morgan fingerprint density at radius 2 is 1.79 bits per heavy atom. The molecule has 214 valence electrons. The number of benzene rings is 3. The number of nitrogens with zero attached hydrogens (tertiary/aromatic N) is 4. The lowest BCUT2D eigenvalue weighted by Gasteiger charge is -2.31. The minimum atomic E-state index is -1.85. The van der Waals surface area contributed by atoms with Gasteiger partial charge in [0.2, 0.25) is 10.9 Å². The molecular weight excluding hydrogens is 588 g/mol. The number of thioether (sulfide) groups is 1. The fourth-order valence-electron chi connectivity index (χ4n) is 5.81. The average Bonchev–Trinajstić information content (AvgIpc) is 3.63. The maximum Gasteiger partial charge on any atom is 0.297 e. The van der Waals surface area contributed by atoms with Crippen molar-refractivity contribution in [3.8, 4) is 0 Å². The largest absolute Gasteiger partial charge is 0.450 e. The molecule has 2 amide bonds. The molecule has 5 aromatic rings. The molecule has 0 saturated carbocycles. The first-order valence-electron chi connectivity index (χ1n) is 13.4. The number of hydrogen-bond acceptors (Lipinski definition) is 8. The van der Waals surface area contributed by atoms with Gasteiger partial charge < -0.3 is 9.32 Å². The summed E-state index contributed by atoms with van der Waals surface area (Å²) in [6.07, 6.45) is 1.60. The van der Waals surface area contributed by atoms with Crippen LogP contribution in [0, 0.1) is 19.7 Å². The fourth-order valence-corrected chi connectivity index (χ4v) is 7.65. The van der Waals surface area contributed by atoms with Crippen LogP contribution in [0.5, 0.6) is 0 Å². The van der Waals surface area contributed by atoms with Crippen LogP contribution in [0.15, 0.2) is 86.9 Å².